The minimum absolute atomic E-state index is 0.405. The van der Waals surface area contributed by atoms with Crippen LogP contribution >= 0.6 is 0 Å². The molecule has 0 aliphatic heterocycles. The first-order valence-corrected chi connectivity index (χ1v) is 18.2. The molecule has 0 bridgehead atoms. The number of nitriles is 2. The Morgan fingerprint density at radius 2 is 1.00 bits per heavy atom. The van der Waals surface area contributed by atoms with E-state index in [1.807, 2.05) is 48.5 Å². The van der Waals surface area contributed by atoms with Crippen molar-refractivity contribution in [2.45, 2.75) is 0 Å². The van der Waals surface area contributed by atoms with Gasteiger partial charge in [-0.2, -0.15) is 10.5 Å². The third kappa shape index (κ3) is 4.51. The van der Waals surface area contributed by atoms with Crippen molar-refractivity contribution < 1.29 is 4.42 Å². The lowest BCUT2D eigenvalue weighted by Gasteiger charge is -2.19. The molecular formula is C50H28N4O. The van der Waals surface area contributed by atoms with Crippen molar-refractivity contribution in [3.8, 4) is 45.8 Å². The average Bonchev–Trinajstić information content (AvgIpc) is 3.91. The smallest absolute Gasteiger partial charge is 0.145 e. The molecule has 254 valence electrons. The van der Waals surface area contributed by atoms with Crippen LogP contribution in [-0.4, -0.2) is 9.13 Å². The van der Waals surface area contributed by atoms with Crippen molar-refractivity contribution in [1.82, 2.24) is 9.13 Å². The number of furan rings is 1. The summed E-state index contributed by atoms with van der Waals surface area (Å²) < 4.78 is 11.0. The number of aromatic nitrogens is 2. The van der Waals surface area contributed by atoms with Gasteiger partial charge >= 0.3 is 0 Å². The van der Waals surface area contributed by atoms with Crippen molar-refractivity contribution in [3.05, 3.63) is 181 Å². The molecule has 0 saturated carbocycles. The van der Waals surface area contributed by atoms with Crippen LogP contribution in [0.15, 0.2) is 174 Å². The molecule has 5 nitrogen and oxygen atoms in total. The van der Waals surface area contributed by atoms with E-state index in [4.69, 9.17) is 4.42 Å². The molecule has 0 spiro atoms. The van der Waals surface area contributed by atoms with E-state index in [0.29, 0.717) is 16.8 Å². The van der Waals surface area contributed by atoms with Gasteiger partial charge in [0.1, 0.15) is 17.2 Å². The largest absolute Gasteiger partial charge is 0.455 e. The predicted octanol–water partition coefficient (Wildman–Crippen LogP) is 12.9. The highest BCUT2D eigenvalue weighted by atomic mass is 16.3. The molecular weight excluding hydrogens is 673 g/mol. The Morgan fingerprint density at radius 1 is 0.418 bits per heavy atom. The Bertz CT molecular complexity index is 3350. The first-order chi connectivity index (χ1) is 27.2. The number of hydrogen-bond acceptors (Lipinski definition) is 3. The SMILES string of the molecule is N#Cc1cc(C#N)c(-n2c3ccc(-c4ccccc4)cc3c3cc(-c4ccccc4)ccc32)c(-n2c3ccccc3c3c4oc5ccccc5c4ccc32)c1. The van der Waals surface area contributed by atoms with Gasteiger partial charge in [-0.25, -0.2) is 0 Å². The summed E-state index contributed by atoms with van der Waals surface area (Å²) in [7, 11) is 0. The minimum atomic E-state index is 0.405. The molecule has 0 amide bonds. The quantitative estimate of drug-likeness (QED) is 0.183. The molecule has 3 heterocycles. The number of rotatable bonds is 4. The molecule has 0 aliphatic rings. The topological polar surface area (TPSA) is 70.6 Å². The molecule has 11 aromatic rings. The molecule has 5 heteroatoms. The van der Waals surface area contributed by atoms with Crippen LogP contribution in [0.5, 0.6) is 0 Å². The van der Waals surface area contributed by atoms with Gasteiger partial charge in [0.25, 0.3) is 0 Å². The molecule has 55 heavy (non-hydrogen) atoms. The zero-order valence-corrected chi connectivity index (χ0v) is 29.4. The average molecular weight is 701 g/mol. The summed E-state index contributed by atoms with van der Waals surface area (Å²) in [4.78, 5) is 0. The van der Waals surface area contributed by atoms with E-state index in [2.05, 4.69) is 137 Å². The Labute approximate surface area is 315 Å². The van der Waals surface area contributed by atoms with Gasteiger partial charge in [0.2, 0.25) is 0 Å². The summed E-state index contributed by atoms with van der Waals surface area (Å²) in [6.45, 7) is 0. The second-order valence-corrected chi connectivity index (χ2v) is 13.9. The Balaban J connectivity index is 1.28. The first kappa shape index (κ1) is 30.7. The van der Waals surface area contributed by atoms with Gasteiger partial charge in [0.05, 0.1) is 56.0 Å². The molecule has 0 N–H and O–H groups in total. The van der Waals surface area contributed by atoms with E-state index >= 15 is 0 Å². The highest BCUT2D eigenvalue weighted by molar-refractivity contribution is 6.24. The van der Waals surface area contributed by atoms with E-state index < -0.39 is 0 Å². The molecule has 0 atom stereocenters. The summed E-state index contributed by atoms with van der Waals surface area (Å²) in [5.41, 5.74) is 12.1. The van der Waals surface area contributed by atoms with Crippen molar-refractivity contribution in [1.29, 1.82) is 10.5 Å². The summed E-state index contributed by atoms with van der Waals surface area (Å²) in [6.07, 6.45) is 0. The maximum absolute atomic E-state index is 10.9. The molecule has 3 aromatic heterocycles. The van der Waals surface area contributed by atoms with E-state index in [9.17, 15) is 10.5 Å². The third-order valence-corrected chi connectivity index (χ3v) is 11.0. The molecule has 0 saturated heterocycles. The number of benzene rings is 8. The molecule has 11 rings (SSSR count). The van der Waals surface area contributed by atoms with E-state index in [1.54, 1.807) is 6.07 Å². The van der Waals surface area contributed by atoms with Gasteiger partial charge in [-0.15, -0.1) is 0 Å². The van der Waals surface area contributed by atoms with Crippen LogP contribution in [0.1, 0.15) is 11.1 Å². The highest BCUT2D eigenvalue weighted by Gasteiger charge is 2.25. The van der Waals surface area contributed by atoms with E-state index in [1.165, 1.54) is 0 Å². The second-order valence-electron chi connectivity index (χ2n) is 13.9. The van der Waals surface area contributed by atoms with Crippen LogP contribution in [0.2, 0.25) is 0 Å². The summed E-state index contributed by atoms with van der Waals surface area (Å²) >= 11 is 0. The number of fused-ring (bicyclic) bond motifs is 10. The van der Waals surface area contributed by atoms with Crippen LogP contribution in [0.4, 0.5) is 0 Å². The molecule has 0 aliphatic carbocycles. The van der Waals surface area contributed by atoms with Crippen molar-refractivity contribution in [2.75, 3.05) is 0 Å². The molecule has 8 aromatic carbocycles. The van der Waals surface area contributed by atoms with Gasteiger partial charge < -0.3 is 13.6 Å². The maximum Gasteiger partial charge on any atom is 0.145 e. The fourth-order valence-electron chi connectivity index (χ4n) is 8.55. The molecule has 0 fully saturated rings. The van der Waals surface area contributed by atoms with Crippen LogP contribution < -0.4 is 0 Å². The second kappa shape index (κ2) is 11.8. The molecule has 0 unspecified atom stereocenters. The third-order valence-electron chi connectivity index (χ3n) is 11.0. The minimum Gasteiger partial charge on any atom is -0.455 e. The van der Waals surface area contributed by atoms with Crippen LogP contribution in [0.3, 0.4) is 0 Å². The van der Waals surface area contributed by atoms with Gasteiger partial charge in [0.15, 0.2) is 0 Å². The number of hydrogen-bond donors (Lipinski definition) is 0. The van der Waals surface area contributed by atoms with E-state index in [0.717, 1.165) is 93.5 Å². The monoisotopic (exact) mass is 700 g/mol. The number of para-hydroxylation sites is 2. The summed E-state index contributed by atoms with van der Waals surface area (Å²) in [5, 5.41) is 27.6. The lowest BCUT2D eigenvalue weighted by molar-refractivity contribution is 0.673. The summed E-state index contributed by atoms with van der Waals surface area (Å²) in [6, 6.07) is 63.1. The first-order valence-electron chi connectivity index (χ1n) is 18.2. The Morgan fingerprint density at radius 3 is 1.65 bits per heavy atom. The predicted molar refractivity (Wildman–Crippen MR) is 223 cm³/mol. The number of nitrogens with zero attached hydrogens (tertiary/aromatic N) is 4. The zero-order valence-electron chi connectivity index (χ0n) is 29.4. The lowest BCUT2D eigenvalue weighted by atomic mass is 10.0. The van der Waals surface area contributed by atoms with Gasteiger partial charge in [-0.1, -0.05) is 109 Å². The molecule has 0 radical (unpaired) electrons. The highest BCUT2D eigenvalue weighted by Crippen LogP contribution is 2.44. The fraction of sp³-hybridized carbons (Fsp3) is 0. The lowest BCUT2D eigenvalue weighted by Crippen LogP contribution is -2.07. The fourth-order valence-corrected chi connectivity index (χ4v) is 8.55. The van der Waals surface area contributed by atoms with Gasteiger partial charge in [-0.3, -0.25) is 0 Å². The van der Waals surface area contributed by atoms with Crippen molar-refractivity contribution in [2.24, 2.45) is 0 Å². The van der Waals surface area contributed by atoms with Crippen molar-refractivity contribution in [3.63, 3.8) is 0 Å². The van der Waals surface area contributed by atoms with Crippen LogP contribution in [0.25, 0.3) is 99.2 Å². The van der Waals surface area contributed by atoms with Crippen LogP contribution in [0, 0.1) is 22.7 Å². The Hall–Kier alpha value is -7.86. The Kier molecular flexibility index (Phi) is 6.61. The normalized spacial score (nSPS) is 11.6. The van der Waals surface area contributed by atoms with Crippen molar-refractivity contribution >= 4 is 65.6 Å². The standard InChI is InChI=1S/C50H28N4O/c51-29-31-25-36(30-52)49(46(26-31)53-42-17-9-7-16-39(42)48-45(53)24-21-38-37-15-8-10-18-47(37)55-50(38)48)54-43-22-19-34(32-11-3-1-4-12-32)27-40(43)41-28-35(20-23-44(41)54)33-13-5-2-6-14-33/h1-28H. The van der Waals surface area contributed by atoms with E-state index in [-0.39, 0.29) is 0 Å². The summed E-state index contributed by atoms with van der Waals surface area (Å²) in [5.74, 6) is 0. The zero-order chi connectivity index (χ0) is 36.6. The van der Waals surface area contributed by atoms with Gasteiger partial charge in [-0.05, 0) is 82.9 Å². The van der Waals surface area contributed by atoms with Gasteiger partial charge in [0, 0.05) is 26.9 Å². The van der Waals surface area contributed by atoms with Crippen LogP contribution in [-0.2, 0) is 0 Å². The maximum atomic E-state index is 10.9.